The number of hydrogen-bond donors (Lipinski definition) is 0. The van der Waals surface area contributed by atoms with Crippen molar-refractivity contribution in [2.75, 3.05) is 26.2 Å². The lowest BCUT2D eigenvalue weighted by molar-refractivity contribution is -0.149. The van der Waals surface area contributed by atoms with Crippen molar-refractivity contribution in [2.24, 2.45) is 0 Å². The highest BCUT2D eigenvalue weighted by Crippen LogP contribution is 2.22. The first-order valence-corrected chi connectivity index (χ1v) is 10.5. The topological polar surface area (TPSA) is 75.6 Å². The molecule has 0 unspecified atom stereocenters. The van der Waals surface area contributed by atoms with E-state index in [2.05, 4.69) is 21.7 Å². The van der Waals surface area contributed by atoms with Crippen molar-refractivity contribution in [3.63, 3.8) is 0 Å². The lowest BCUT2D eigenvalue weighted by Crippen LogP contribution is -2.53. The van der Waals surface area contributed by atoms with E-state index in [1.807, 2.05) is 24.0 Å². The van der Waals surface area contributed by atoms with Crippen LogP contribution in [0.4, 0.5) is 0 Å². The van der Waals surface area contributed by atoms with Gasteiger partial charge in [0.05, 0.1) is 18.8 Å². The highest BCUT2D eigenvalue weighted by atomic mass is 32.1. The van der Waals surface area contributed by atoms with Crippen LogP contribution in [0.1, 0.15) is 39.8 Å². The molecular weight excluding hydrogens is 376 g/mol. The Morgan fingerprint density at radius 2 is 2.04 bits per heavy atom. The quantitative estimate of drug-likeness (QED) is 0.784. The number of carbonyl (C=O) groups is 2. The zero-order valence-corrected chi connectivity index (χ0v) is 16.8. The Balaban J connectivity index is 1.43. The van der Waals surface area contributed by atoms with Gasteiger partial charge >= 0.3 is 0 Å². The Morgan fingerprint density at radius 3 is 2.86 bits per heavy atom. The summed E-state index contributed by atoms with van der Waals surface area (Å²) in [5.74, 6) is -0.133. The van der Waals surface area contributed by atoms with Crippen LogP contribution in [0.25, 0.3) is 0 Å². The van der Waals surface area contributed by atoms with Gasteiger partial charge in [-0.3, -0.25) is 9.59 Å². The molecule has 1 aromatic carbocycles. The Morgan fingerprint density at radius 1 is 1.21 bits per heavy atom. The Hall–Kier alpha value is -2.32. The average Bonchev–Trinajstić information content (AvgIpc) is 3.21. The first-order chi connectivity index (χ1) is 13.7. The molecule has 7 nitrogen and oxygen atoms in total. The molecule has 2 aliphatic rings. The summed E-state index contributed by atoms with van der Waals surface area (Å²) in [6, 6.07) is 8.22. The molecule has 0 spiro atoms. The van der Waals surface area contributed by atoms with Gasteiger partial charge in [-0.15, -0.1) is 5.10 Å². The fraction of sp³-hybridized carbons (Fsp3) is 0.500. The van der Waals surface area contributed by atoms with Crippen LogP contribution in [0.2, 0.25) is 0 Å². The van der Waals surface area contributed by atoms with Gasteiger partial charge in [-0.1, -0.05) is 42.1 Å². The maximum Gasteiger partial charge on any atom is 0.267 e. The lowest BCUT2D eigenvalue weighted by atomic mass is 9.99. The van der Waals surface area contributed by atoms with E-state index in [0.29, 0.717) is 31.1 Å². The molecule has 1 atom stereocenters. The van der Waals surface area contributed by atoms with E-state index in [1.54, 1.807) is 4.90 Å². The van der Waals surface area contributed by atoms with Gasteiger partial charge < -0.3 is 14.5 Å². The van der Waals surface area contributed by atoms with Crippen LogP contribution in [0.15, 0.2) is 24.3 Å². The molecule has 28 heavy (non-hydrogen) atoms. The molecule has 148 valence electrons. The summed E-state index contributed by atoms with van der Waals surface area (Å²) >= 11 is 1.13. The molecule has 1 aromatic heterocycles. The fourth-order valence-electron chi connectivity index (χ4n) is 3.79. The summed E-state index contributed by atoms with van der Waals surface area (Å²) < 4.78 is 9.69. The number of nitrogens with zero attached hydrogens (tertiary/aromatic N) is 4. The number of aryl methyl sites for hydroxylation is 1. The fourth-order valence-corrected chi connectivity index (χ4v) is 4.46. The summed E-state index contributed by atoms with van der Waals surface area (Å²) in [6.07, 6.45) is 1.88. The SMILES string of the molecule is CCCc1nnsc1C(=O)N1CCO[C@H](C(=O)N2CCc3ccccc3C2)C1. The largest absolute Gasteiger partial charge is 0.365 e. The molecule has 2 aromatic rings. The molecule has 2 amide bonds. The third kappa shape index (κ3) is 3.79. The van der Waals surface area contributed by atoms with Crippen molar-refractivity contribution >= 4 is 23.3 Å². The van der Waals surface area contributed by atoms with E-state index < -0.39 is 6.10 Å². The van der Waals surface area contributed by atoms with Crippen LogP contribution in [-0.2, 0) is 28.9 Å². The number of morpholine rings is 1. The number of benzene rings is 1. The van der Waals surface area contributed by atoms with E-state index in [1.165, 1.54) is 11.1 Å². The summed E-state index contributed by atoms with van der Waals surface area (Å²) in [7, 11) is 0. The molecule has 0 aliphatic carbocycles. The van der Waals surface area contributed by atoms with Gasteiger partial charge in [0.15, 0.2) is 6.10 Å². The second kappa shape index (κ2) is 8.36. The van der Waals surface area contributed by atoms with Gasteiger partial charge in [0.1, 0.15) is 4.88 Å². The summed E-state index contributed by atoms with van der Waals surface area (Å²) in [5, 5.41) is 4.09. The summed E-state index contributed by atoms with van der Waals surface area (Å²) in [6.45, 7) is 4.45. The minimum absolute atomic E-state index is 0.0387. The third-order valence-electron chi connectivity index (χ3n) is 5.31. The number of rotatable bonds is 4. The van der Waals surface area contributed by atoms with Gasteiger partial charge in [-0.2, -0.15) is 0 Å². The van der Waals surface area contributed by atoms with Crippen molar-refractivity contribution in [2.45, 2.75) is 38.8 Å². The second-order valence-electron chi connectivity index (χ2n) is 7.19. The summed E-state index contributed by atoms with van der Waals surface area (Å²) in [4.78, 5) is 30.1. The van der Waals surface area contributed by atoms with Crippen molar-refractivity contribution in [1.29, 1.82) is 0 Å². The zero-order valence-electron chi connectivity index (χ0n) is 16.0. The van der Waals surface area contributed by atoms with Crippen LogP contribution in [0.3, 0.4) is 0 Å². The number of hydrogen-bond acceptors (Lipinski definition) is 6. The molecule has 0 bridgehead atoms. The van der Waals surface area contributed by atoms with E-state index >= 15 is 0 Å². The molecule has 3 heterocycles. The molecule has 4 rings (SSSR count). The van der Waals surface area contributed by atoms with Crippen molar-refractivity contribution in [3.8, 4) is 0 Å². The smallest absolute Gasteiger partial charge is 0.267 e. The number of ether oxygens (including phenoxy) is 1. The predicted molar refractivity (Wildman–Crippen MR) is 105 cm³/mol. The normalized spacial score (nSPS) is 19.4. The zero-order chi connectivity index (χ0) is 19.5. The molecule has 8 heteroatoms. The molecule has 0 radical (unpaired) electrons. The number of amides is 2. The second-order valence-corrected chi connectivity index (χ2v) is 7.94. The standard InChI is InChI=1S/C20H24N4O3S/c1-2-5-16-18(28-22-21-16)20(26)24-10-11-27-17(13-24)19(25)23-9-8-14-6-3-4-7-15(14)12-23/h3-4,6-7,17H,2,5,8-13H2,1H3/t17-/m0/s1. The van der Waals surface area contributed by atoms with E-state index in [0.717, 1.165) is 36.5 Å². The van der Waals surface area contributed by atoms with Gasteiger partial charge in [0.25, 0.3) is 11.8 Å². The summed E-state index contributed by atoms with van der Waals surface area (Å²) in [5.41, 5.74) is 3.24. The van der Waals surface area contributed by atoms with E-state index in [-0.39, 0.29) is 18.4 Å². The van der Waals surface area contributed by atoms with Gasteiger partial charge in [0, 0.05) is 19.6 Å². The van der Waals surface area contributed by atoms with Crippen LogP contribution in [0.5, 0.6) is 0 Å². The van der Waals surface area contributed by atoms with Crippen LogP contribution >= 0.6 is 11.5 Å². The van der Waals surface area contributed by atoms with Gasteiger partial charge in [-0.05, 0) is 35.5 Å². The van der Waals surface area contributed by atoms with Crippen molar-refractivity contribution in [3.05, 3.63) is 46.0 Å². The minimum Gasteiger partial charge on any atom is -0.365 e. The molecule has 1 fully saturated rings. The Labute approximate surface area is 168 Å². The highest BCUT2D eigenvalue weighted by molar-refractivity contribution is 7.08. The van der Waals surface area contributed by atoms with Gasteiger partial charge in [-0.25, -0.2) is 0 Å². The Bertz CT molecular complexity index is 869. The average molecular weight is 401 g/mol. The van der Waals surface area contributed by atoms with Gasteiger partial charge in [0.2, 0.25) is 0 Å². The minimum atomic E-state index is -0.613. The van der Waals surface area contributed by atoms with E-state index in [4.69, 9.17) is 4.74 Å². The first kappa shape index (κ1) is 19.0. The monoisotopic (exact) mass is 400 g/mol. The van der Waals surface area contributed by atoms with E-state index in [9.17, 15) is 9.59 Å². The molecule has 1 saturated heterocycles. The maximum atomic E-state index is 13.0. The van der Waals surface area contributed by atoms with Crippen LogP contribution < -0.4 is 0 Å². The number of fused-ring (bicyclic) bond motifs is 1. The molecule has 2 aliphatic heterocycles. The third-order valence-corrected chi connectivity index (χ3v) is 6.06. The van der Waals surface area contributed by atoms with Crippen LogP contribution in [0, 0.1) is 0 Å². The highest BCUT2D eigenvalue weighted by Gasteiger charge is 2.34. The number of carbonyl (C=O) groups excluding carboxylic acids is 2. The predicted octanol–water partition coefficient (Wildman–Crippen LogP) is 1.92. The van der Waals surface area contributed by atoms with Crippen molar-refractivity contribution < 1.29 is 14.3 Å². The first-order valence-electron chi connectivity index (χ1n) is 9.75. The Kier molecular flexibility index (Phi) is 5.68. The van der Waals surface area contributed by atoms with Crippen LogP contribution in [-0.4, -0.2) is 63.5 Å². The number of aromatic nitrogens is 2. The maximum absolute atomic E-state index is 13.0. The van der Waals surface area contributed by atoms with Crippen molar-refractivity contribution in [1.82, 2.24) is 19.4 Å². The lowest BCUT2D eigenvalue weighted by Gasteiger charge is -2.36. The molecule has 0 N–H and O–H groups in total. The molecular formula is C20H24N4O3S. The molecule has 0 saturated carbocycles.